The van der Waals surface area contributed by atoms with Gasteiger partial charge in [0.25, 0.3) is 5.91 Å². The second kappa shape index (κ2) is 7.13. The van der Waals surface area contributed by atoms with Crippen LogP contribution in [0.1, 0.15) is 27.2 Å². The first-order valence-electron chi connectivity index (χ1n) is 8.06. The molecule has 0 saturated carbocycles. The zero-order valence-corrected chi connectivity index (χ0v) is 14.5. The summed E-state index contributed by atoms with van der Waals surface area (Å²) in [6, 6.07) is 13.7. The van der Waals surface area contributed by atoms with E-state index in [1.165, 1.54) is 11.8 Å². The predicted molar refractivity (Wildman–Crippen MR) is 100 cm³/mol. The average molecular weight is 332 g/mol. The van der Waals surface area contributed by atoms with Gasteiger partial charge in [-0.05, 0) is 44.0 Å². The van der Waals surface area contributed by atoms with Gasteiger partial charge in [0.2, 0.25) is 0 Å². The van der Waals surface area contributed by atoms with Crippen molar-refractivity contribution >= 4 is 23.1 Å². The molecule has 3 rings (SSSR count). The maximum Gasteiger partial charge on any atom is 0.275 e. The number of hydrogen-bond acceptors (Lipinski definition) is 4. The highest BCUT2D eigenvalue weighted by Crippen LogP contribution is 2.20. The fourth-order valence-corrected chi connectivity index (χ4v) is 2.50. The first-order valence-corrected chi connectivity index (χ1v) is 8.06. The van der Waals surface area contributed by atoms with E-state index < -0.39 is 0 Å². The average Bonchev–Trinajstić information content (AvgIpc) is 2.60. The molecule has 0 aliphatic heterocycles. The van der Waals surface area contributed by atoms with Crippen molar-refractivity contribution < 1.29 is 4.79 Å². The number of rotatable bonds is 4. The van der Waals surface area contributed by atoms with Gasteiger partial charge in [-0.15, -0.1) is 0 Å². The molecule has 25 heavy (non-hydrogen) atoms. The van der Waals surface area contributed by atoms with Crippen molar-refractivity contribution in [1.82, 2.24) is 9.97 Å². The number of benzene rings is 2. The smallest absolute Gasteiger partial charge is 0.275 e. The Morgan fingerprint density at radius 2 is 1.68 bits per heavy atom. The van der Waals surface area contributed by atoms with Crippen molar-refractivity contribution in [2.45, 2.75) is 20.8 Å². The monoisotopic (exact) mass is 332 g/mol. The highest BCUT2D eigenvalue weighted by molar-refractivity contribution is 6.03. The van der Waals surface area contributed by atoms with Gasteiger partial charge in [0.05, 0.1) is 12.4 Å². The quantitative estimate of drug-likeness (QED) is 0.743. The lowest BCUT2D eigenvalue weighted by molar-refractivity contribution is 0.102. The standard InChI is InChI=1S/C20H20N4O/c1-13-8-9-17(15(3)10-13)23-19-12-21-18(11-22-19)20(25)24-16-7-5-4-6-14(16)2/h4-12H,1-3H3,(H,22,23)(H,24,25). The number of amides is 1. The second-order valence-corrected chi connectivity index (χ2v) is 6.00. The number of aryl methyl sites for hydroxylation is 3. The third-order valence-corrected chi connectivity index (χ3v) is 3.92. The van der Waals surface area contributed by atoms with E-state index in [4.69, 9.17) is 0 Å². The van der Waals surface area contributed by atoms with Crippen molar-refractivity contribution in [2.75, 3.05) is 10.6 Å². The molecule has 5 heteroatoms. The largest absolute Gasteiger partial charge is 0.339 e. The molecular formula is C20H20N4O. The predicted octanol–water partition coefficient (Wildman–Crippen LogP) is 4.40. The number of carbonyl (C=O) groups excluding carboxylic acids is 1. The van der Waals surface area contributed by atoms with E-state index in [0.29, 0.717) is 5.82 Å². The Balaban J connectivity index is 1.71. The van der Waals surface area contributed by atoms with Crippen LogP contribution in [0.25, 0.3) is 0 Å². The van der Waals surface area contributed by atoms with E-state index in [2.05, 4.69) is 33.6 Å². The van der Waals surface area contributed by atoms with Gasteiger partial charge in [0.15, 0.2) is 0 Å². The summed E-state index contributed by atoms with van der Waals surface area (Å²) in [7, 11) is 0. The van der Waals surface area contributed by atoms with E-state index in [0.717, 1.165) is 22.5 Å². The number of anilines is 3. The lowest BCUT2D eigenvalue weighted by Crippen LogP contribution is -2.15. The van der Waals surface area contributed by atoms with Crippen LogP contribution in [0.4, 0.5) is 17.2 Å². The van der Waals surface area contributed by atoms with Crippen molar-refractivity contribution in [2.24, 2.45) is 0 Å². The maximum atomic E-state index is 12.3. The molecule has 0 unspecified atom stereocenters. The molecule has 3 aromatic rings. The van der Waals surface area contributed by atoms with E-state index in [1.54, 1.807) is 6.20 Å². The van der Waals surface area contributed by atoms with Crippen molar-refractivity contribution in [3.8, 4) is 0 Å². The minimum atomic E-state index is -0.278. The third-order valence-electron chi connectivity index (χ3n) is 3.92. The summed E-state index contributed by atoms with van der Waals surface area (Å²) in [5.41, 5.74) is 5.34. The van der Waals surface area contributed by atoms with Gasteiger partial charge < -0.3 is 10.6 Å². The van der Waals surface area contributed by atoms with E-state index >= 15 is 0 Å². The van der Waals surface area contributed by atoms with Crippen LogP contribution in [-0.4, -0.2) is 15.9 Å². The van der Waals surface area contributed by atoms with Crippen LogP contribution in [0.2, 0.25) is 0 Å². The molecule has 1 amide bonds. The fraction of sp³-hybridized carbons (Fsp3) is 0.150. The van der Waals surface area contributed by atoms with Crippen molar-refractivity contribution in [1.29, 1.82) is 0 Å². The Hall–Kier alpha value is -3.21. The van der Waals surface area contributed by atoms with Gasteiger partial charge in [-0.25, -0.2) is 9.97 Å². The van der Waals surface area contributed by atoms with Crippen LogP contribution >= 0.6 is 0 Å². The number of hydrogen-bond donors (Lipinski definition) is 2. The van der Waals surface area contributed by atoms with E-state index in [-0.39, 0.29) is 11.6 Å². The molecule has 2 aromatic carbocycles. The summed E-state index contributed by atoms with van der Waals surface area (Å²) < 4.78 is 0. The number of para-hydroxylation sites is 1. The van der Waals surface area contributed by atoms with Crippen molar-refractivity contribution in [3.05, 3.63) is 77.2 Å². The normalized spacial score (nSPS) is 10.4. The van der Waals surface area contributed by atoms with Crippen LogP contribution in [0.5, 0.6) is 0 Å². The van der Waals surface area contributed by atoms with Gasteiger partial charge in [0, 0.05) is 11.4 Å². The first kappa shape index (κ1) is 16.6. The molecule has 0 aliphatic rings. The molecule has 126 valence electrons. The zero-order chi connectivity index (χ0) is 17.8. The second-order valence-electron chi connectivity index (χ2n) is 6.00. The molecule has 1 heterocycles. The number of aromatic nitrogens is 2. The molecule has 2 N–H and O–H groups in total. The molecular weight excluding hydrogens is 312 g/mol. The summed E-state index contributed by atoms with van der Waals surface area (Å²) >= 11 is 0. The topological polar surface area (TPSA) is 66.9 Å². The number of nitrogens with one attached hydrogen (secondary N) is 2. The van der Waals surface area contributed by atoms with Crippen molar-refractivity contribution in [3.63, 3.8) is 0 Å². The van der Waals surface area contributed by atoms with Crippen LogP contribution in [0.15, 0.2) is 54.9 Å². The summed E-state index contributed by atoms with van der Waals surface area (Å²) in [5.74, 6) is 0.319. The Morgan fingerprint density at radius 3 is 2.36 bits per heavy atom. The lowest BCUT2D eigenvalue weighted by atomic mass is 10.1. The van der Waals surface area contributed by atoms with Gasteiger partial charge in [-0.3, -0.25) is 4.79 Å². The Labute approximate surface area is 147 Å². The van der Waals surface area contributed by atoms with Crippen LogP contribution in [0.3, 0.4) is 0 Å². The zero-order valence-electron chi connectivity index (χ0n) is 14.5. The number of nitrogens with zero attached hydrogens (tertiary/aromatic N) is 2. The SMILES string of the molecule is Cc1ccc(Nc2cnc(C(=O)Nc3ccccc3C)cn2)c(C)c1. The maximum absolute atomic E-state index is 12.3. The first-order chi connectivity index (χ1) is 12.0. The van der Waals surface area contributed by atoms with Gasteiger partial charge in [-0.2, -0.15) is 0 Å². The molecule has 0 aliphatic carbocycles. The van der Waals surface area contributed by atoms with Crippen LogP contribution in [-0.2, 0) is 0 Å². The highest BCUT2D eigenvalue weighted by atomic mass is 16.1. The Kier molecular flexibility index (Phi) is 4.75. The molecule has 5 nitrogen and oxygen atoms in total. The van der Waals surface area contributed by atoms with Gasteiger partial charge in [-0.1, -0.05) is 35.9 Å². The molecule has 0 fully saturated rings. The molecule has 0 radical (unpaired) electrons. The number of carbonyl (C=O) groups is 1. The molecule has 0 saturated heterocycles. The highest BCUT2D eigenvalue weighted by Gasteiger charge is 2.10. The minimum Gasteiger partial charge on any atom is -0.339 e. The van der Waals surface area contributed by atoms with E-state index in [9.17, 15) is 4.79 Å². The van der Waals surface area contributed by atoms with E-state index in [1.807, 2.05) is 50.2 Å². The third kappa shape index (κ3) is 4.01. The summed E-state index contributed by atoms with van der Waals surface area (Å²) in [6.45, 7) is 6.03. The van der Waals surface area contributed by atoms with Crippen LogP contribution < -0.4 is 10.6 Å². The summed E-state index contributed by atoms with van der Waals surface area (Å²) in [4.78, 5) is 20.8. The molecule has 0 atom stereocenters. The summed E-state index contributed by atoms with van der Waals surface area (Å²) in [6.07, 6.45) is 3.03. The lowest BCUT2D eigenvalue weighted by Gasteiger charge is -2.10. The Morgan fingerprint density at radius 1 is 0.880 bits per heavy atom. The molecule has 0 bridgehead atoms. The van der Waals surface area contributed by atoms with Crippen LogP contribution in [0, 0.1) is 20.8 Å². The molecule has 0 spiro atoms. The van der Waals surface area contributed by atoms with Gasteiger partial charge in [0.1, 0.15) is 11.5 Å². The molecule has 1 aromatic heterocycles. The Bertz CT molecular complexity index is 904. The van der Waals surface area contributed by atoms with Gasteiger partial charge >= 0.3 is 0 Å². The fourth-order valence-electron chi connectivity index (χ4n) is 2.50. The summed E-state index contributed by atoms with van der Waals surface area (Å²) in [5, 5.41) is 6.07. The minimum absolute atomic E-state index is 0.273.